The molecule has 21 heavy (non-hydrogen) atoms. The molecule has 0 spiro atoms. The van der Waals surface area contributed by atoms with Crippen molar-refractivity contribution in [3.63, 3.8) is 0 Å². The maximum Gasteiger partial charge on any atom is 0.137 e. The predicted molar refractivity (Wildman–Crippen MR) is 83.2 cm³/mol. The van der Waals surface area contributed by atoms with Crippen molar-refractivity contribution in [2.24, 2.45) is 0 Å². The molecule has 0 aliphatic heterocycles. The Morgan fingerprint density at radius 1 is 0.952 bits per heavy atom. The Morgan fingerprint density at radius 2 is 1.62 bits per heavy atom. The third-order valence-corrected chi connectivity index (χ3v) is 4.08. The molecular weight excluding hydrogens is 258 g/mol. The molecule has 3 rings (SSSR count). The number of nitrogens with zero attached hydrogens (tertiary/aromatic N) is 1. The molecule has 1 aliphatic carbocycles. The maximum absolute atomic E-state index is 9.13. The van der Waals surface area contributed by atoms with Gasteiger partial charge in [-0.2, -0.15) is 5.26 Å². The summed E-state index contributed by atoms with van der Waals surface area (Å²) in [4.78, 5) is 0. The zero-order valence-corrected chi connectivity index (χ0v) is 12.0. The molecule has 0 N–H and O–H groups in total. The summed E-state index contributed by atoms with van der Waals surface area (Å²) >= 11 is 0. The van der Waals surface area contributed by atoms with E-state index in [0.29, 0.717) is 30.1 Å². The summed E-state index contributed by atoms with van der Waals surface area (Å²) in [5, 5.41) is 9.13. The van der Waals surface area contributed by atoms with Gasteiger partial charge in [-0.05, 0) is 49.3 Å². The second-order valence-electron chi connectivity index (χ2n) is 5.43. The second-order valence-corrected chi connectivity index (χ2v) is 5.43. The van der Waals surface area contributed by atoms with Crippen LogP contribution in [-0.4, -0.2) is 6.08 Å². The van der Waals surface area contributed by atoms with Crippen molar-refractivity contribution in [3.05, 3.63) is 65.7 Å². The van der Waals surface area contributed by atoms with Gasteiger partial charge >= 0.3 is 0 Å². The predicted octanol–water partition coefficient (Wildman–Crippen LogP) is 4.66. The first-order valence-electron chi connectivity index (χ1n) is 7.93. The van der Waals surface area contributed by atoms with Crippen molar-refractivity contribution in [2.45, 2.75) is 37.7 Å². The van der Waals surface area contributed by atoms with Crippen LogP contribution in [0.25, 0.3) is 0 Å². The fourth-order valence-corrected chi connectivity index (χ4v) is 2.90. The van der Waals surface area contributed by atoms with E-state index in [1.807, 2.05) is 18.2 Å². The molecule has 106 valence electrons. The molecule has 2 heteroatoms. The van der Waals surface area contributed by atoms with Crippen LogP contribution >= 0.6 is 0 Å². The van der Waals surface area contributed by atoms with Gasteiger partial charge in [-0.3, -0.25) is 0 Å². The summed E-state index contributed by atoms with van der Waals surface area (Å²) in [6, 6.07) is 19.8. The van der Waals surface area contributed by atoms with E-state index in [1.54, 1.807) is 12.1 Å². The molecule has 0 amide bonds. The smallest absolute Gasteiger partial charge is 0.137 e. The summed E-state index contributed by atoms with van der Waals surface area (Å²) in [7, 11) is 0. The van der Waals surface area contributed by atoms with E-state index in [4.69, 9.17) is 11.4 Å². The third-order valence-electron chi connectivity index (χ3n) is 4.08. The normalized spacial score (nSPS) is 25.7. The number of rotatable bonds is 3. The number of nitriles is 1. The van der Waals surface area contributed by atoms with E-state index in [0.717, 1.165) is 12.8 Å². The van der Waals surface area contributed by atoms with Crippen LogP contribution in [0.4, 0.5) is 0 Å². The largest absolute Gasteiger partial charge is 0.489 e. The topological polar surface area (TPSA) is 33.0 Å². The molecule has 0 heterocycles. The Bertz CT molecular complexity index is 669. The summed E-state index contributed by atoms with van der Waals surface area (Å²) in [5.74, 6) is 1.03. The quantitative estimate of drug-likeness (QED) is 0.817. The molecule has 0 saturated heterocycles. The molecule has 2 aromatic rings. The highest BCUT2D eigenvalue weighted by atomic mass is 16.5. The van der Waals surface area contributed by atoms with Gasteiger partial charge in [-0.25, -0.2) is 0 Å². The van der Waals surface area contributed by atoms with Gasteiger partial charge in [0, 0.05) is 0 Å². The van der Waals surface area contributed by atoms with E-state index in [-0.39, 0.29) is 0 Å². The first-order chi connectivity index (χ1) is 10.7. The van der Waals surface area contributed by atoms with Crippen LogP contribution in [0.5, 0.6) is 5.75 Å². The van der Waals surface area contributed by atoms with Gasteiger partial charge in [0.2, 0.25) is 0 Å². The van der Waals surface area contributed by atoms with Gasteiger partial charge in [0.15, 0.2) is 0 Å². The average Bonchev–Trinajstić information content (AvgIpc) is 2.56. The molecule has 0 atom stereocenters. The number of benzene rings is 2. The second kappa shape index (κ2) is 6.45. The number of ether oxygens (including phenoxy) is 1. The standard InChI is InChI=1S/C19H19NO/c20-14-17-8-4-5-9-19(17)21-18-12-10-16(11-13-18)15-6-2-1-3-7-15/h1-9,16,18H,10-13H2/i18D. The minimum Gasteiger partial charge on any atom is -0.489 e. The van der Waals surface area contributed by atoms with Gasteiger partial charge in [-0.15, -0.1) is 0 Å². The summed E-state index contributed by atoms with van der Waals surface area (Å²) in [5.41, 5.74) is 1.85. The maximum atomic E-state index is 9.13. The van der Waals surface area contributed by atoms with E-state index in [9.17, 15) is 0 Å². The van der Waals surface area contributed by atoms with Crippen LogP contribution in [-0.2, 0) is 0 Å². The molecule has 1 fully saturated rings. The summed E-state index contributed by atoms with van der Waals surface area (Å²) < 4.78 is 14.4. The molecular formula is C19H19NO. The van der Waals surface area contributed by atoms with Crippen molar-refractivity contribution >= 4 is 0 Å². The Kier molecular flexibility index (Phi) is 3.83. The SMILES string of the molecule is [2H]C1(Oc2ccccc2C#N)CCC(c2ccccc2)CC1. The van der Waals surface area contributed by atoms with E-state index < -0.39 is 6.08 Å². The molecule has 0 unspecified atom stereocenters. The average molecular weight is 278 g/mol. The lowest BCUT2D eigenvalue weighted by Crippen LogP contribution is -2.23. The van der Waals surface area contributed by atoms with Crippen molar-refractivity contribution in [1.29, 1.82) is 5.26 Å². The van der Waals surface area contributed by atoms with Gasteiger partial charge in [0.25, 0.3) is 0 Å². The van der Waals surface area contributed by atoms with Gasteiger partial charge in [0.05, 0.1) is 13.0 Å². The first-order valence-corrected chi connectivity index (χ1v) is 7.43. The van der Waals surface area contributed by atoms with E-state index >= 15 is 0 Å². The molecule has 2 aromatic carbocycles. The van der Waals surface area contributed by atoms with E-state index in [1.165, 1.54) is 5.56 Å². The minimum absolute atomic E-state index is 0.499. The lowest BCUT2D eigenvalue weighted by atomic mass is 9.83. The highest BCUT2D eigenvalue weighted by Crippen LogP contribution is 2.34. The Hall–Kier alpha value is -2.27. The van der Waals surface area contributed by atoms with Crippen LogP contribution in [0.15, 0.2) is 54.6 Å². The molecule has 1 aliphatic rings. The molecule has 0 aromatic heterocycles. The number of para-hydroxylation sites is 1. The Morgan fingerprint density at radius 3 is 2.33 bits per heavy atom. The molecule has 1 saturated carbocycles. The Labute approximate surface area is 127 Å². The van der Waals surface area contributed by atoms with Crippen LogP contribution in [0.2, 0.25) is 0 Å². The Balaban J connectivity index is 1.68. The van der Waals surface area contributed by atoms with Crippen LogP contribution in [0.3, 0.4) is 0 Å². The first kappa shape index (κ1) is 12.5. The molecule has 0 bridgehead atoms. The summed E-state index contributed by atoms with van der Waals surface area (Å²) in [6.45, 7) is 0. The summed E-state index contributed by atoms with van der Waals surface area (Å²) in [6.07, 6.45) is 2.35. The van der Waals surface area contributed by atoms with Crippen molar-refractivity contribution in [3.8, 4) is 11.8 Å². The van der Waals surface area contributed by atoms with Crippen molar-refractivity contribution in [2.75, 3.05) is 0 Å². The zero-order chi connectivity index (χ0) is 15.4. The van der Waals surface area contributed by atoms with Gasteiger partial charge in [-0.1, -0.05) is 42.5 Å². The lowest BCUT2D eigenvalue weighted by molar-refractivity contribution is 0.146. The monoisotopic (exact) mass is 278 g/mol. The van der Waals surface area contributed by atoms with Crippen molar-refractivity contribution < 1.29 is 6.11 Å². The number of hydrogen-bond acceptors (Lipinski definition) is 2. The highest BCUT2D eigenvalue weighted by molar-refractivity contribution is 5.42. The molecule has 0 radical (unpaired) electrons. The highest BCUT2D eigenvalue weighted by Gasteiger charge is 2.23. The third kappa shape index (κ3) is 3.25. The number of hydrogen-bond donors (Lipinski definition) is 0. The van der Waals surface area contributed by atoms with Gasteiger partial charge in [0.1, 0.15) is 11.8 Å². The van der Waals surface area contributed by atoms with E-state index in [2.05, 4.69) is 30.3 Å². The van der Waals surface area contributed by atoms with Crippen LogP contribution < -0.4 is 4.74 Å². The molecule has 2 nitrogen and oxygen atoms in total. The van der Waals surface area contributed by atoms with Crippen LogP contribution in [0.1, 0.15) is 44.1 Å². The lowest BCUT2D eigenvalue weighted by Gasteiger charge is -2.29. The fraction of sp³-hybridized carbons (Fsp3) is 0.316. The zero-order valence-electron chi connectivity index (χ0n) is 13.0. The fourth-order valence-electron chi connectivity index (χ4n) is 2.90. The van der Waals surface area contributed by atoms with Crippen LogP contribution in [0, 0.1) is 11.3 Å². The van der Waals surface area contributed by atoms with Crippen molar-refractivity contribution in [1.82, 2.24) is 0 Å². The van der Waals surface area contributed by atoms with Gasteiger partial charge < -0.3 is 4.74 Å². The minimum atomic E-state index is -0.918.